The van der Waals surface area contributed by atoms with Crippen molar-refractivity contribution in [2.24, 2.45) is 0 Å². The molecule has 41 heavy (non-hydrogen) atoms. The van der Waals surface area contributed by atoms with Crippen molar-refractivity contribution in [2.75, 3.05) is 23.9 Å². The number of pyridine rings is 1. The van der Waals surface area contributed by atoms with E-state index in [4.69, 9.17) is 4.74 Å². The minimum atomic E-state index is -3.49. The van der Waals surface area contributed by atoms with Gasteiger partial charge in [-0.1, -0.05) is 6.07 Å². The number of methoxy groups -OCH3 is 1. The van der Waals surface area contributed by atoms with Gasteiger partial charge < -0.3 is 20.1 Å². The summed E-state index contributed by atoms with van der Waals surface area (Å²) in [5, 5.41) is 5.68. The molecule has 4 atom stereocenters. The molecule has 1 aliphatic rings. The molecule has 0 bridgehead atoms. The number of halogens is 3. The Hall–Kier alpha value is -3.75. The number of alkyl halides is 2. The molecule has 3 aromatic rings. The molecule has 2 aromatic carbocycles. The molecule has 3 amide bonds. The highest BCUT2D eigenvalue weighted by Crippen LogP contribution is 2.36. The number of amides is 3. The van der Waals surface area contributed by atoms with Gasteiger partial charge in [0.05, 0.1) is 7.11 Å². The molecule has 0 saturated carbocycles. The summed E-state index contributed by atoms with van der Waals surface area (Å²) in [6, 6.07) is 9.75. The van der Waals surface area contributed by atoms with Gasteiger partial charge in [-0.15, -0.1) is 9.24 Å². The SMILES string of the molecule is COc1cc(F)c([C@@H]2CN(c3nc(NC(C)=O)ccc3C)C(=O)[C@H]2NC(=O)c2ccc(OC(F)(F)P)cc2)c(P)c1. The Morgan fingerprint density at radius 1 is 1.12 bits per heavy atom. The standard InChI is InChI=1S/C27H27F3N4O5P2/c1-13-4-9-21(31-14(2)35)32-24(13)34-12-18(22-19(28)10-17(38-3)11-20(22)40)23(26(34)37)33-25(36)15-5-7-16(8-6-15)39-27(29,30)41/h4-11,18,23H,12,40-41H2,1-3H3,(H,33,36)(H,31,32,35)/t18-,23-/m0/s1. The Morgan fingerprint density at radius 3 is 2.39 bits per heavy atom. The van der Waals surface area contributed by atoms with E-state index >= 15 is 4.39 Å². The third kappa shape index (κ3) is 6.94. The Labute approximate surface area is 238 Å². The lowest BCUT2D eigenvalue weighted by molar-refractivity contribution is -0.119. The van der Waals surface area contributed by atoms with Crippen molar-refractivity contribution in [3.05, 3.63) is 71.0 Å². The number of rotatable bonds is 8. The van der Waals surface area contributed by atoms with Crippen LogP contribution in [-0.2, 0) is 9.59 Å². The number of aromatic nitrogens is 1. The summed E-state index contributed by atoms with van der Waals surface area (Å²) in [4.78, 5) is 44.4. The van der Waals surface area contributed by atoms with Crippen LogP contribution in [0.2, 0.25) is 0 Å². The number of ether oxygens (including phenoxy) is 2. The number of anilines is 2. The van der Waals surface area contributed by atoms with E-state index in [0.717, 1.165) is 0 Å². The van der Waals surface area contributed by atoms with Crippen LogP contribution in [0.25, 0.3) is 0 Å². The third-order valence-corrected chi connectivity index (χ3v) is 6.94. The van der Waals surface area contributed by atoms with Crippen molar-refractivity contribution >= 4 is 53.1 Å². The number of carbonyl (C=O) groups is 3. The van der Waals surface area contributed by atoms with Crippen LogP contribution in [0.1, 0.15) is 34.3 Å². The fraction of sp³-hybridized carbons (Fsp3) is 0.259. The van der Waals surface area contributed by atoms with Gasteiger partial charge in [0.1, 0.15) is 35.0 Å². The van der Waals surface area contributed by atoms with Gasteiger partial charge in [0.2, 0.25) is 5.91 Å². The van der Waals surface area contributed by atoms with Gasteiger partial charge in [-0.05, 0) is 63.4 Å². The van der Waals surface area contributed by atoms with E-state index in [1.807, 2.05) is 0 Å². The molecule has 2 unspecified atom stereocenters. The van der Waals surface area contributed by atoms with Crippen LogP contribution in [0.4, 0.5) is 24.8 Å². The highest BCUT2D eigenvalue weighted by atomic mass is 31.0. The zero-order valence-electron chi connectivity index (χ0n) is 22.2. The minimum Gasteiger partial charge on any atom is -0.497 e. The number of hydrogen-bond donors (Lipinski definition) is 2. The second-order valence-electron chi connectivity index (χ2n) is 9.33. The molecule has 1 saturated heterocycles. The maximum absolute atomic E-state index is 15.4. The summed E-state index contributed by atoms with van der Waals surface area (Å²) in [6.07, 6.45) is 0. The highest BCUT2D eigenvalue weighted by Gasteiger charge is 2.45. The first-order valence-corrected chi connectivity index (χ1v) is 13.4. The summed E-state index contributed by atoms with van der Waals surface area (Å²) in [7, 11) is 5.08. The van der Waals surface area contributed by atoms with Gasteiger partial charge >= 0.3 is 5.85 Å². The van der Waals surface area contributed by atoms with E-state index in [2.05, 4.69) is 29.6 Å². The summed E-state index contributed by atoms with van der Waals surface area (Å²) in [6.45, 7) is 3.01. The molecule has 1 aromatic heterocycles. The second kappa shape index (κ2) is 12.0. The second-order valence-corrected chi connectivity index (χ2v) is 10.6. The molecule has 2 heterocycles. The van der Waals surface area contributed by atoms with Gasteiger partial charge in [-0.25, -0.2) is 9.37 Å². The van der Waals surface area contributed by atoms with Crippen molar-refractivity contribution in [1.82, 2.24) is 10.3 Å². The van der Waals surface area contributed by atoms with Crippen molar-refractivity contribution in [3.63, 3.8) is 0 Å². The van der Waals surface area contributed by atoms with Crippen LogP contribution in [-0.4, -0.2) is 48.3 Å². The van der Waals surface area contributed by atoms with Crippen LogP contribution in [0, 0.1) is 12.7 Å². The maximum atomic E-state index is 15.4. The normalized spacial score (nSPS) is 16.9. The Bertz CT molecular complexity index is 1480. The summed E-state index contributed by atoms with van der Waals surface area (Å²) < 4.78 is 51.3. The molecule has 0 spiro atoms. The summed E-state index contributed by atoms with van der Waals surface area (Å²) >= 11 is 0. The first-order chi connectivity index (χ1) is 19.3. The lowest BCUT2D eigenvalue weighted by Gasteiger charge is -2.21. The number of carbonyl (C=O) groups excluding carboxylic acids is 3. The van der Waals surface area contributed by atoms with E-state index in [1.54, 1.807) is 25.1 Å². The van der Waals surface area contributed by atoms with E-state index in [9.17, 15) is 23.2 Å². The van der Waals surface area contributed by atoms with E-state index in [0.29, 0.717) is 10.9 Å². The molecule has 9 nitrogen and oxygen atoms in total. The zero-order chi connectivity index (χ0) is 30.1. The molecular weight excluding hydrogens is 579 g/mol. The van der Waals surface area contributed by atoms with Crippen LogP contribution in [0.15, 0.2) is 48.5 Å². The molecule has 4 rings (SSSR count). The van der Waals surface area contributed by atoms with Gasteiger partial charge in [-0.2, -0.15) is 8.78 Å². The predicted octanol–water partition coefficient (Wildman–Crippen LogP) is 3.73. The molecule has 0 aliphatic carbocycles. The van der Waals surface area contributed by atoms with Crippen LogP contribution < -0.4 is 30.3 Å². The lowest BCUT2D eigenvalue weighted by atomic mass is 9.93. The average molecular weight is 606 g/mol. The van der Waals surface area contributed by atoms with Gasteiger partial charge in [0, 0.05) is 36.6 Å². The first kappa shape index (κ1) is 30.2. The summed E-state index contributed by atoms with van der Waals surface area (Å²) in [5.74, 6) is -6.01. The summed E-state index contributed by atoms with van der Waals surface area (Å²) in [5.41, 5.74) is 0.859. The Morgan fingerprint density at radius 2 is 1.80 bits per heavy atom. The van der Waals surface area contributed by atoms with Crippen LogP contribution in [0.3, 0.4) is 0 Å². The van der Waals surface area contributed by atoms with Gasteiger partial charge in [0.15, 0.2) is 0 Å². The van der Waals surface area contributed by atoms with Gasteiger partial charge in [-0.3, -0.25) is 19.3 Å². The molecule has 0 radical (unpaired) electrons. The molecule has 14 heteroatoms. The number of nitrogens with one attached hydrogen (secondary N) is 2. The number of hydrogen-bond acceptors (Lipinski definition) is 6. The molecule has 216 valence electrons. The van der Waals surface area contributed by atoms with Crippen LogP contribution in [0.5, 0.6) is 11.5 Å². The third-order valence-electron chi connectivity index (χ3n) is 6.34. The van der Waals surface area contributed by atoms with E-state index < -0.39 is 35.4 Å². The van der Waals surface area contributed by atoms with Crippen molar-refractivity contribution < 1.29 is 37.0 Å². The van der Waals surface area contributed by atoms with E-state index in [-0.39, 0.29) is 46.7 Å². The maximum Gasteiger partial charge on any atom is 0.408 e. The van der Waals surface area contributed by atoms with Crippen molar-refractivity contribution in [1.29, 1.82) is 0 Å². The largest absolute Gasteiger partial charge is 0.497 e. The number of benzene rings is 2. The number of nitrogens with zero attached hydrogens (tertiary/aromatic N) is 2. The molecule has 1 fully saturated rings. The molecule has 1 aliphatic heterocycles. The average Bonchev–Trinajstić information content (AvgIpc) is 3.19. The minimum absolute atomic E-state index is 0.0399. The topological polar surface area (TPSA) is 110 Å². The van der Waals surface area contributed by atoms with Gasteiger partial charge in [0.25, 0.3) is 11.8 Å². The fourth-order valence-electron chi connectivity index (χ4n) is 4.56. The van der Waals surface area contributed by atoms with Crippen molar-refractivity contribution in [3.8, 4) is 11.5 Å². The Kier molecular flexibility index (Phi) is 8.85. The number of aryl methyl sites for hydroxylation is 1. The monoisotopic (exact) mass is 606 g/mol. The van der Waals surface area contributed by atoms with Crippen LogP contribution >= 0.6 is 18.5 Å². The van der Waals surface area contributed by atoms with Crippen molar-refractivity contribution in [2.45, 2.75) is 31.7 Å². The quantitative estimate of drug-likeness (QED) is 0.379. The predicted molar refractivity (Wildman–Crippen MR) is 154 cm³/mol. The zero-order valence-corrected chi connectivity index (χ0v) is 24.5. The highest BCUT2D eigenvalue weighted by molar-refractivity contribution is 7.27. The van der Waals surface area contributed by atoms with E-state index in [1.165, 1.54) is 58.5 Å². The fourth-order valence-corrected chi connectivity index (χ4v) is 5.22. The first-order valence-electron chi connectivity index (χ1n) is 12.2. The smallest absolute Gasteiger partial charge is 0.408 e. The molecule has 2 N–H and O–H groups in total. The lowest BCUT2D eigenvalue weighted by Crippen LogP contribution is -2.44. The Balaban J connectivity index is 1.71. The molecular formula is C27H27F3N4O5P2.